The Kier molecular flexibility index (Phi) is 5.53. The van der Waals surface area contributed by atoms with Crippen molar-refractivity contribution in [3.8, 4) is 0 Å². The molecule has 158 valence electrons. The maximum absolute atomic E-state index is 12.9. The molecular formula is C23H27N3O4. The molecule has 1 fully saturated rings. The van der Waals surface area contributed by atoms with Crippen LogP contribution >= 0.6 is 0 Å². The summed E-state index contributed by atoms with van der Waals surface area (Å²) in [4.78, 5) is 28.5. The van der Waals surface area contributed by atoms with Crippen molar-refractivity contribution in [3.05, 3.63) is 53.8 Å². The minimum Gasteiger partial charge on any atom is -0.452 e. The number of nitrogens with zero attached hydrogens (tertiary/aromatic N) is 2. The lowest BCUT2D eigenvalue weighted by atomic mass is 9.99. The van der Waals surface area contributed by atoms with Gasteiger partial charge >= 0.3 is 12.2 Å². The number of rotatable bonds is 3. The van der Waals surface area contributed by atoms with Gasteiger partial charge in [0.15, 0.2) is 0 Å². The molecule has 1 heterocycles. The van der Waals surface area contributed by atoms with Crippen molar-refractivity contribution in [1.82, 2.24) is 0 Å². The standard InChI is InChI=1S/C23H27N3O4/c1-15-13-25(22(27)30-14-16-8-9-16)21-12-17(18-6-4-3-5-7-19(18)24)10-11-20(21)26(15)23(28)29-2/h3-6,10-12,15-16H,7-9,13-14,24H2,1-2H3/t15-/m0/s1. The molecule has 30 heavy (non-hydrogen) atoms. The van der Waals surface area contributed by atoms with Crippen LogP contribution in [0.5, 0.6) is 0 Å². The molecule has 1 aromatic rings. The van der Waals surface area contributed by atoms with Gasteiger partial charge in [-0.3, -0.25) is 9.80 Å². The molecule has 7 nitrogen and oxygen atoms in total. The van der Waals surface area contributed by atoms with Crippen molar-refractivity contribution in [2.75, 3.05) is 30.1 Å². The summed E-state index contributed by atoms with van der Waals surface area (Å²) >= 11 is 0. The van der Waals surface area contributed by atoms with Crippen molar-refractivity contribution < 1.29 is 19.1 Å². The molecule has 2 aliphatic carbocycles. The van der Waals surface area contributed by atoms with Crippen molar-refractivity contribution >= 4 is 29.1 Å². The lowest BCUT2D eigenvalue weighted by Gasteiger charge is -2.39. The molecule has 1 atom stereocenters. The Morgan fingerprint density at radius 2 is 1.97 bits per heavy atom. The zero-order valence-corrected chi connectivity index (χ0v) is 17.3. The largest absolute Gasteiger partial charge is 0.452 e. The zero-order chi connectivity index (χ0) is 21.3. The maximum Gasteiger partial charge on any atom is 0.414 e. The first kappa shape index (κ1) is 20.1. The number of benzene rings is 1. The number of carbonyl (C=O) groups excluding carboxylic acids is 2. The molecule has 0 unspecified atom stereocenters. The first-order valence-corrected chi connectivity index (χ1v) is 10.3. The number of anilines is 2. The highest BCUT2D eigenvalue weighted by molar-refractivity contribution is 6.01. The van der Waals surface area contributed by atoms with Gasteiger partial charge in [-0.1, -0.05) is 30.4 Å². The number of fused-ring (bicyclic) bond motifs is 1. The number of allylic oxidation sites excluding steroid dienone is 5. The highest BCUT2D eigenvalue weighted by Crippen LogP contribution is 2.39. The van der Waals surface area contributed by atoms with Crippen LogP contribution in [0.2, 0.25) is 0 Å². The van der Waals surface area contributed by atoms with Gasteiger partial charge in [0.25, 0.3) is 0 Å². The van der Waals surface area contributed by atoms with E-state index in [1.54, 1.807) is 9.80 Å². The van der Waals surface area contributed by atoms with E-state index in [1.165, 1.54) is 7.11 Å². The number of ether oxygens (including phenoxy) is 2. The van der Waals surface area contributed by atoms with Gasteiger partial charge in [-0.2, -0.15) is 0 Å². The molecule has 7 heteroatoms. The molecule has 4 rings (SSSR count). The molecule has 1 aromatic carbocycles. The smallest absolute Gasteiger partial charge is 0.414 e. The van der Waals surface area contributed by atoms with E-state index in [0.717, 1.165) is 29.7 Å². The normalized spacial score (nSPS) is 20.7. The fourth-order valence-corrected chi connectivity index (χ4v) is 3.82. The van der Waals surface area contributed by atoms with Crippen LogP contribution in [0.25, 0.3) is 5.57 Å². The maximum atomic E-state index is 12.9. The third-order valence-corrected chi connectivity index (χ3v) is 5.65. The summed E-state index contributed by atoms with van der Waals surface area (Å²) in [5, 5.41) is 0. The molecule has 0 spiro atoms. The van der Waals surface area contributed by atoms with Crippen LogP contribution in [0.3, 0.4) is 0 Å². The summed E-state index contributed by atoms with van der Waals surface area (Å²) < 4.78 is 10.5. The Morgan fingerprint density at radius 3 is 2.70 bits per heavy atom. The van der Waals surface area contributed by atoms with Crippen LogP contribution in [0.4, 0.5) is 21.0 Å². The van der Waals surface area contributed by atoms with Gasteiger partial charge < -0.3 is 15.2 Å². The molecule has 1 aliphatic heterocycles. The highest BCUT2D eigenvalue weighted by Gasteiger charge is 2.37. The predicted molar refractivity (Wildman–Crippen MR) is 116 cm³/mol. The SMILES string of the molecule is COC(=O)N1c2ccc(C3=C(N)CC=CC=C3)cc2N(C(=O)OCC2CC2)C[C@@H]1C. The second kappa shape index (κ2) is 8.26. The molecule has 2 N–H and O–H groups in total. The number of carbonyl (C=O) groups is 2. The average molecular weight is 409 g/mol. The second-order valence-electron chi connectivity index (χ2n) is 7.95. The van der Waals surface area contributed by atoms with Gasteiger partial charge in [-0.25, -0.2) is 9.59 Å². The lowest BCUT2D eigenvalue weighted by molar-refractivity contribution is 0.147. The Bertz CT molecular complexity index is 946. The number of nitrogens with two attached hydrogens (primary N) is 1. The van der Waals surface area contributed by atoms with Crippen LogP contribution in [0.15, 0.2) is 48.2 Å². The fourth-order valence-electron chi connectivity index (χ4n) is 3.82. The van der Waals surface area contributed by atoms with E-state index in [4.69, 9.17) is 15.2 Å². The van der Waals surface area contributed by atoms with Gasteiger partial charge in [0.1, 0.15) is 0 Å². The van der Waals surface area contributed by atoms with Crippen molar-refractivity contribution in [2.45, 2.75) is 32.2 Å². The van der Waals surface area contributed by atoms with Gasteiger partial charge in [0.05, 0.1) is 37.7 Å². The lowest BCUT2D eigenvalue weighted by Crippen LogP contribution is -2.52. The van der Waals surface area contributed by atoms with Crippen LogP contribution in [0.1, 0.15) is 31.7 Å². The van der Waals surface area contributed by atoms with Crippen molar-refractivity contribution in [3.63, 3.8) is 0 Å². The minimum atomic E-state index is -0.459. The second-order valence-corrected chi connectivity index (χ2v) is 7.95. The van der Waals surface area contributed by atoms with E-state index in [9.17, 15) is 9.59 Å². The molecule has 0 radical (unpaired) electrons. The van der Waals surface area contributed by atoms with E-state index >= 15 is 0 Å². The highest BCUT2D eigenvalue weighted by atomic mass is 16.6. The fraction of sp³-hybridized carbons (Fsp3) is 0.391. The molecule has 2 amide bonds. The molecule has 3 aliphatic rings. The number of methoxy groups -OCH3 is 1. The summed E-state index contributed by atoms with van der Waals surface area (Å²) in [6.45, 7) is 2.64. The van der Waals surface area contributed by atoms with E-state index < -0.39 is 12.2 Å². The zero-order valence-electron chi connectivity index (χ0n) is 17.3. The summed E-state index contributed by atoms with van der Waals surface area (Å²) in [5.74, 6) is 0.474. The Hall–Kier alpha value is -3.22. The van der Waals surface area contributed by atoms with Gasteiger partial charge in [0.2, 0.25) is 0 Å². The van der Waals surface area contributed by atoms with E-state index in [-0.39, 0.29) is 6.04 Å². The first-order chi connectivity index (χ1) is 14.5. The van der Waals surface area contributed by atoms with E-state index in [1.807, 2.05) is 49.4 Å². The van der Waals surface area contributed by atoms with Crippen LogP contribution < -0.4 is 15.5 Å². The predicted octanol–water partition coefficient (Wildman–Crippen LogP) is 4.20. The van der Waals surface area contributed by atoms with Gasteiger partial charge in [0, 0.05) is 17.7 Å². The summed E-state index contributed by atoms with van der Waals surface area (Å²) in [6.07, 6.45) is 9.87. The summed E-state index contributed by atoms with van der Waals surface area (Å²) in [5.41, 5.74) is 10.0. The Balaban J connectivity index is 1.74. The summed E-state index contributed by atoms with van der Waals surface area (Å²) in [6, 6.07) is 5.40. The molecular weight excluding hydrogens is 382 g/mol. The van der Waals surface area contributed by atoms with E-state index in [0.29, 0.717) is 36.9 Å². The molecule has 0 bridgehead atoms. The minimum absolute atomic E-state index is 0.254. The van der Waals surface area contributed by atoms with Gasteiger partial charge in [-0.15, -0.1) is 0 Å². The molecule has 0 aromatic heterocycles. The van der Waals surface area contributed by atoms with Crippen LogP contribution in [-0.2, 0) is 9.47 Å². The third-order valence-electron chi connectivity index (χ3n) is 5.65. The van der Waals surface area contributed by atoms with Crippen LogP contribution in [-0.4, -0.2) is 38.5 Å². The molecule has 0 saturated heterocycles. The quantitative estimate of drug-likeness (QED) is 0.809. The van der Waals surface area contributed by atoms with Crippen molar-refractivity contribution in [2.24, 2.45) is 11.7 Å². The third kappa shape index (κ3) is 3.92. The molecule has 1 saturated carbocycles. The van der Waals surface area contributed by atoms with Crippen molar-refractivity contribution in [1.29, 1.82) is 0 Å². The average Bonchev–Trinajstić information content (AvgIpc) is 3.58. The number of amides is 2. The number of hydrogen-bond acceptors (Lipinski definition) is 5. The van der Waals surface area contributed by atoms with E-state index in [2.05, 4.69) is 0 Å². The number of hydrogen-bond donors (Lipinski definition) is 1. The first-order valence-electron chi connectivity index (χ1n) is 10.3. The summed E-state index contributed by atoms with van der Waals surface area (Å²) in [7, 11) is 1.36. The van der Waals surface area contributed by atoms with Crippen LogP contribution in [0, 0.1) is 5.92 Å². The Labute approximate surface area is 176 Å². The Morgan fingerprint density at radius 1 is 1.17 bits per heavy atom. The monoisotopic (exact) mass is 409 g/mol. The topological polar surface area (TPSA) is 85.1 Å². The van der Waals surface area contributed by atoms with Gasteiger partial charge in [-0.05, 0) is 43.4 Å².